The number of hydrogen-bond acceptors (Lipinski definition) is 5. The second-order valence-corrected chi connectivity index (χ2v) is 6.03. The van der Waals surface area contributed by atoms with E-state index in [9.17, 15) is 9.59 Å². The predicted octanol–water partition coefficient (Wildman–Crippen LogP) is 1.27. The SMILES string of the molecule is CNC(=O)C[C@@H]1COCCN1C(=O)c1ccc2ncsc2c1. The molecule has 1 aliphatic heterocycles. The van der Waals surface area contributed by atoms with Crippen LogP contribution in [0.2, 0.25) is 0 Å². The Labute approximate surface area is 132 Å². The molecule has 1 fully saturated rings. The number of fused-ring (bicyclic) bond motifs is 1. The number of benzene rings is 1. The molecule has 1 aromatic carbocycles. The summed E-state index contributed by atoms with van der Waals surface area (Å²) in [4.78, 5) is 30.3. The summed E-state index contributed by atoms with van der Waals surface area (Å²) in [6, 6.07) is 5.28. The zero-order chi connectivity index (χ0) is 15.5. The first kappa shape index (κ1) is 14.9. The predicted molar refractivity (Wildman–Crippen MR) is 83.9 cm³/mol. The van der Waals surface area contributed by atoms with Crippen LogP contribution in [0.25, 0.3) is 10.2 Å². The van der Waals surface area contributed by atoms with Crippen LogP contribution in [-0.2, 0) is 9.53 Å². The minimum absolute atomic E-state index is 0.0625. The third-order valence-electron chi connectivity index (χ3n) is 3.77. The van der Waals surface area contributed by atoms with E-state index in [0.717, 1.165) is 10.2 Å². The maximum atomic E-state index is 12.8. The molecule has 6 nitrogen and oxygen atoms in total. The number of carbonyl (C=O) groups excluding carboxylic acids is 2. The van der Waals surface area contributed by atoms with E-state index in [1.54, 1.807) is 23.5 Å². The van der Waals surface area contributed by atoms with Gasteiger partial charge in [0.05, 0.1) is 35.0 Å². The number of nitrogens with one attached hydrogen (secondary N) is 1. The van der Waals surface area contributed by atoms with Crippen molar-refractivity contribution >= 4 is 33.4 Å². The Kier molecular flexibility index (Phi) is 4.35. The first-order chi connectivity index (χ1) is 10.7. The standard InChI is InChI=1S/C15H17N3O3S/c1-16-14(19)7-11-8-21-5-4-18(11)15(20)10-2-3-12-13(6-10)22-9-17-12/h2-3,6,9,11H,4-5,7-8H2,1H3,(H,16,19)/t11-/m1/s1. The molecule has 1 atom stereocenters. The van der Waals surface area contributed by atoms with Gasteiger partial charge in [-0.15, -0.1) is 11.3 Å². The minimum Gasteiger partial charge on any atom is -0.377 e. The highest BCUT2D eigenvalue weighted by molar-refractivity contribution is 7.16. The van der Waals surface area contributed by atoms with Crippen molar-refractivity contribution in [1.29, 1.82) is 0 Å². The first-order valence-electron chi connectivity index (χ1n) is 7.11. The fourth-order valence-electron chi connectivity index (χ4n) is 2.56. The summed E-state index contributed by atoms with van der Waals surface area (Å²) < 4.78 is 6.41. The van der Waals surface area contributed by atoms with Crippen molar-refractivity contribution in [2.24, 2.45) is 0 Å². The molecule has 2 aromatic rings. The quantitative estimate of drug-likeness (QED) is 0.925. The number of ether oxygens (including phenoxy) is 1. The van der Waals surface area contributed by atoms with Crippen molar-refractivity contribution in [2.75, 3.05) is 26.8 Å². The summed E-state index contributed by atoms with van der Waals surface area (Å²) in [5, 5.41) is 2.59. The van der Waals surface area contributed by atoms with Crippen molar-refractivity contribution < 1.29 is 14.3 Å². The lowest BCUT2D eigenvalue weighted by Crippen LogP contribution is -2.50. The summed E-state index contributed by atoms with van der Waals surface area (Å²) in [6.07, 6.45) is 0.255. The van der Waals surface area contributed by atoms with Gasteiger partial charge in [0.2, 0.25) is 5.91 Å². The Morgan fingerprint density at radius 1 is 1.50 bits per heavy atom. The molecule has 0 bridgehead atoms. The van der Waals surface area contributed by atoms with Crippen molar-refractivity contribution in [3.8, 4) is 0 Å². The van der Waals surface area contributed by atoms with Gasteiger partial charge in [0, 0.05) is 25.6 Å². The van der Waals surface area contributed by atoms with E-state index in [4.69, 9.17) is 4.74 Å². The maximum absolute atomic E-state index is 12.8. The molecular weight excluding hydrogens is 302 g/mol. The third kappa shape index (κ3) is 2.95. The summed E-state index contributed by atoms with van der Waals surface area (Å²) in [5.41, 5.74) is 3.29. The average Bonchev–Trinajstić information content (AvgIpc) is 3.02. The fraction of sp³-hybridized carbons (Fsp3) is 0.400. The highest BCUT2D eigenvalue weighted by Gasteiger charge is 2.29. The summed E-state index contributed by atoms with van der Waals surface area (Å²) in [6.45, 7) is 1.39. The van der Waals surface area contributed by atoms with E-state index < -0.39 is 0 Å². The van der Waals surface area contributed by atoms with E-state index in [1.165, 1.54) is 11.3 Å². The molecule has 0 aliphatic carbocycles. The van der Waals surface area contributed by atoms with Gasteiger partial charge in [-0.1, -0.05) is 0 Å². The second kappa shape index (κ2) is 6.41. The average molecular weight is 319 g/mol. The van der Waals surface area contributed by atoms with Crippen LogP contribution in [0.1, 0.15) is 16.8 Å². The lowest BCUT2D eigenvalue weighted by molar-refractivity contribution is -0.123. The first-order valence-corrected chi connectivity index (χ1v) is 7.99. The monoisotopic (exact) mass is 319 g/mol. The van der Waals surface area contributed by atoms with Crippen LogP contribution in [0.4, 0.5) is 0 Å². The number of hydrogen-bond donors (Lipinski definition) is 1. The molecule has 0 unspecified atom stereocenters. The molecular formula is C15H17N3O3S. The highest BCUT2D eigenvalue weighted by Crippen LogP contribution is 2.21. The van der Waals surface area contributed by atoms with Crippen LogP contribution in [0.15, 0.2) is 23.7 Å². The van der Waals surface area contributed by atoms with Crippen LogP contribution in [-0.4, -0.2) is 54.5 Å². The van der Waals surface area contributed by atoms with E-state index in [-0.39, 0.29) is 24.3 Å². The van der Waals surface area contributed by atoms with Crippen molar-refractivity contribution in [1.82, 2.24) is 15.2 Å². The van der Waals surface area contributed by atoms with E-state index in [2.05, 4.69) is 10.3 Å². The van der Waals surface area contributed by atoms with Crippen LogP contribution >= 0.6 is 11.3 Å². The van der Waals surface area contributed by atoms with Gasteiger partial charge in [-0.3, -0.25) is 9.59 Å². The van der Waals surface area contributed by atoms with Crippen molar-refractivity contribution in [2.45, 2.75) is 12.5 Å². The van der Waals surface area contributed by atoms with E-state index >= 15 is 0 Å². The zero-order valence-corrected chi connectivity index (χ0v) is 13.1. The Hall–Kier alpha value is -1.99. The molecule has 22 heavy (non-hydrogen) atoms. The molecule has 1 saturated heterocycles. The van der Waals surface area contributed by atoms with Gasteiger partial charge in [0.1, 0.15) is 0 Å². The zero-order valence-electron chi connectivity index (χ0n) is 12.2. The Morgan fingerprint density at radius 3 is 3.18 bits per heavy atom. The van der Waals surface area contributed by atoms with Gasteiger partial charge in [-0.25, -0.2) is 4.98 Å². The molecule has 2 amide bonds. The number of thiazole rings is 1. The van der Waals surface area contributed by atoms with Gasteiger partial charge in [-0.05, 0) is 18.2 Å². The number of aromatic nitrogens is 1. The second-order valence-electron chi connectivity index (χ2n) is 5.14. The smallest absolute Gasteiger partial charge is 0.254 e. The number of morpholine rings is 1. The normalized spacial score (nSPS) is 18.4. The fourth-order valence-corrected chi connectivity index (χ4v) is 3.28. The molecule has 1 aliphatic rings. The van der Waals surface area contributed by atoms with Crippen LogP contribution in [0.5, 0.6) is 0 Å². The van der Waals surface area contributed by atoms with Crippen molar-refractivity contribution in [3.63, 3.8) is 0 Å². The lowest BCUT2D eigenvalue weighted by atomic mass is 10.1. The largest absolute Gasteiger partial charge is 0.377 e. The van der Waals surface area contributed by atoms with Crippen LogP contribution < -0.4 is 5.32 Å². The molecule has 1 aromatic heterocycles. The van der Waals surface area contributed by atoms with Gasteiger partial charge >= 0.3 is 0 Å². The molecule has 2 heterocycles. The van der Waals surface area contributed by atoms with Crippen LogP contribution in [0, 0.1) is 0 Å². The Balaban J connectivity index is 1.82. The lowest BCUT2D eigenvalue weighted by Gasteiger charge is -2.35. The molecule has 7 heteroatoms. The van der Waals surface area contributed by atoms with Crippen molar-refractivity contribution in [3.05, 3.63) is 29.3 Å². The topological polar surface area (TPSA) is 71.5 Å². The van der Waals surface area contributed by atoms with Gasteiger partial charge in [-0.2, -0.15) is 0 Å². The highest BCUT2D eigenvalue weighted by atomic mass is 32.1. The molecule has 0 spiro atoms. The third-order valence-corrected chi connectivity index (χ3v) is 4.56. The Bertz CT molecular complexity index is 700. The van der Waals surface area contributed by atoms with E-state index in [1.807, 2.05) is 12.1 Å². The minimum atomic E-state index is -0.224. The maximum Gasteiger partial charge on any atom is 0.254 e. The molecule has 116 valence electrons. The summed E-state index contributed by atoms with van der Waals surface area (Å²) >= 11 is 1.51. The number of amides is 2. The molecule has 1 N–H and O–H groups in total. The van der Waals surface area contributed by atoms with Gasteiger partial charge in [0.25, 0.3) is 5.91 Å². The number of carbonyl (C=O) groups is 2. The number of nitrogens with zero attached hydrogens (tertiary/aromatic N) is 2. The molecule has 0 saturated carbocycles. The summed E-state index contributed by atoms with van der Waals surface area (Å²) in [5.74, 6) is -0.154. The Morgan fingerprint density at radius 2 is 2.36 bits per heavy atom. The molecule has 3 rings (SSSR count). The molecule has 0 radical (unpaired) electrons. The number of rotatable bonds is 3. The van der Waals surface area contributed by atoms with Crippen LogP contribution in [0.3, 0.4) is 0 Å². The van der Waals surface area contributed by atoms with Gasteiger partial charge < -0.3 is 15.0 Å². The van der Waals surface area contributed by atoms with Gasteiger partial charge in [0.15, 0.2) is 0 Å². The summed E-state index contributed by atoms with van der Waals surface area (Å²) in [7, 11) is 1.59. The van der Waals surface area contributed by atoms with E-state index in [0.29, 0.717) is 25.3 Å².